The average molecular weight is 346 g/mol. The first-order chi connectivity index (χ1) is 11.9. The summed E-state index contributed by atoms with van der Waals surface area (Å²) in [6.07, 6.45) is -3.22. The zero-order valence-electron chi connectivity index (χ0n) is 12.4. The zero-order chi connectivity index (χ0) is 17.6. The number of fused-ring (bicyclic) bond motifs is 2. The van der Waals surface area contributed by atoms with Gasteiger partial charge in [-0.25, -0.2) is 0 Å². The van der Waals surface area contributed by atoms with Crippen LogP contribution in [0.4, 0.5) is 18.9 Å². The number of hydrogen-bond acceptors (Lipinski definition) is 4. The van der Waals surface area contributed by atoms with Gasteiger partial charge in [0.25, 0.3) is 5.91 Å². The van der Waals surface area contributed by atoms with E-state index in [9.17, 15) is 18.0 Å². The quantitative estimate of drug-likeness (QED) is 0.698. The van der Waals surface area contributed by atoms with Crippen molar-refractivity contribution >= 4 is 34.3 Å². The summed E-state index contributed by atoms with van der Waals surface area (Å²) in [4.78, 5) is 12.2. The Balaban J connectivity index is 1.75. The predicted molar refractivity (Wildman–Crippen MR) is 83.5 cm³/mol. The Labute approximate surface area is 138 Å². The molecule has 0 spiro atoms. The van der Waals surface area contributed by atoms with E-state index in [0.29, 0.717) is 27.8 Å². The molecule has 0 bridgehead atoms. The molecule has 1 amide bonds. The van der Waals surface area contributed by atoms with Gasteiger partial charge >= 0.3 is 6.36 Å². The van der Waals surface area contributed by atoms with Crippen LogP contribution in [0.5, 0.6) is 5.75 Å². The largest absolute Gasteiger partial charge is 0.573 e. The molecule has 9 heteroatoms. The number of nitrogens with one attached hydrogen (secondary N) is 2. The highest BCUT2D eigenvalue weighted by Gasteiger charge is 2.32. The van der Waals surface area contributed by atoms with Crippen LogP contribution in [0.25, 0.3) is 22.7 Å². The number of anilines is 1. The maximum absolute atomic E-state index is 12.4. The monoisotopic (exact) mass is 346 g/mol. The van der Waals surface area contributed by atoms with Gasteiger partial charge in [-0.2, -0.15) is 0 Å². The number of carbonyl (C=O) groups excluding carboxylic acids is 1. The molecule has 0 saturated carbocycles. The van der Waals surface area contributed by atoms with Crippen molar-refractivity contribution in [1.82, 2.24) is 15.4 Å². The van der Waals surface area contributed by atoms with Crippen molar-refractivity contribution < 1.29 is 22.7 Å². The maximum Gasteiger partial charge on any atom is 0.573 e. The number of ether oxygens (including phenoxy) is 1. The number of alkyl halides is 3. The van der Waals surface area contributed by atoms with E-state index in [1.165, 1.54) is 12.1 Å². The van der Waals surface area contributed by atoms with Crippen LogP contribution >= 0.6 is 0 Å². The van der Waals surface area contributed by atoms with Gasteiger partial charge in [-0.15, -0.1) is 18.3 Å². The minimum atomic E-state index is -4.80. The van der Waals surface area contributed by atoms with Gasteiger partial charge in [-0.3, -0.25) is 9.89 Å². The van der Waals surface area contributed by atoms with Crippen molar-refractivity contribution in [3.63, 3.8) is 0 Å². The van der Waals surface area contributed by atoms with E-state index < -0.39 is 12.3 Å². The molecule has 126 valence electrons. The lowest BCUT2D eigenvalue weighted by atomic mass is 10.0. The van der Waals surface area contributed by atoms with E-state index in [4.69, 9.17) is 0 Å². The van der Waals surface area contributed by atoms with Crippen molar-refractivity contribution in [2.45, 2.75) is 6.36 Å². The molecule has 2 heterocycles. The summed E-state index contributed by atoms with van der Waals surface area (Å²) in [6, 6.07) is 8.91. The van der Waals surface area contributed by atoms with E-state index in [1.807, 2.05) is 0 Å². The molecule has 0 fully saturated rings. The van der Waals surface area contributed by atoms with Gasteiger partial charge in [0.2, 0.25) is 0 Å². The second-order valence-corrected chi connectivity index (χ2v) is 5.36. The highest BCUT2D eigenvalue weighted by Crippen LogP contribution is 2.37. The standard InChI is InChI=1S/C16H9F3N4O2/c17-16(18,19)25-9-2-4-12-10(7-9)11(15(24)20-12)5-8-1-3-13-14(6-8)22-23-21-13/h1-7H,(H,20,24)(H,21,22,23)/b11-5+. The Bertz CT molecular complexity index is 1020. The van der Waals surface area contributed by atoms with Crippen LogP contribution in [0.3, 0.4) is 0 Å². The van der Waals surface area contributed by atoms with Crippen LogP contribution in [0.15, 0.2) is 36.4 Å². The van der Waals surface area contributed by atoms with Gasteiger partial charge < -0.3 is 10.1 Å². The summed E-state index contributed by atoms with van der Waals surface area (Å²) in [5, 5.41) is 12.9. The second kappa shape index (κ2) is 5.33. The first-order valence-electron chi connectivity index (χ1n) is 7.13. The highest BCUT2D eigenvalue weighted by molar-refractivity contribution is 6.35. The number of nitrogens with zero attached hydrogens (tertiary/aromatic N) is 2. The van der Waals surface area contributed by atoms with Crippen molar-refractivity contribution in [2.75, 3.05) is 5.32 Å². The Hall–Kier alpha value is -3.36. The Morgan fingerprint density at radius 3 is 2.76 bits per heavy atom. The van der Waals surface area contributed by atoms with Crippen molar-refractivity contribution in [3.8, 4) is 5.75 Å². The number of carbonyl (C=O) groups is 1. The van der Waals surface area contributed by atoms with Crippen LogP contribution in [-0.2, 0) is 4.79 Å². The molecule has 0 unspecified atom stereocenters. The van der Waals surface area contributed by atoms with Crippen LogP contribution < -0.4 is 10.1 Å². The molecule has 0 atom stereocenters. The molecule has 0 aliphatic carbocycles. The molecule has 1 aliphatic rings. The number of benzene rings is 2. The zero-order valence-corrected chi connectivity index (χ0v) is 12.4. The number of aromatic amines is 1. The minimum absolute atomic E-state index is 0.245. The third kappa shape index (κ3) is 2.91. The smallest absolute Gasteiger partial charge is 0.406 e. The number of aromatic nitrogens is 3. The lowest BCUT2D eigenvalue weighted by molar-refractivity contribution is -0.274. The molecule has 3 aromatic rings. The predicted octanol–water partition coefficient (Wildman–Crippen LogP) is 3.35. The van der Waals surface area contributed by atoms with E-state index in [-0.39, 0.29) is 11.3 Å². The van der Waals surface area contributed by atoms with E-state index in [1.54, 1.807) is 24.3 Å². The number of rotatable bonds is 2. The first-order valence-corrected chi connectivity index (χ1v) is 7.13. The molecule has 1 aromatic heterocycles. The molecule has 0 saturated heterocycles. The summed E-state index contributed by atoms with van der Waals surface area (Å²) >= 11 is 0. The normalized spacial score (nSPS) is 15.5. The molecule has 4 rings (SSSR count). The lowest BCUT2D eigenvalue weighted by Crippen LogP contribution is -2.17. The minimum Gasteiger partial charge on any atom is -0.406 e. The second-order valence-electron chi connectivity index (χ2n) is 5.36. The molecule has 1 aliphatic heterocycles. The average Bonchev–Trinajstić information content (AvgIpc) is 3.11. The van der Waals surface area contributed by atoms with E-state index in [0.717, 1.165) is 6.07 Å². The fourth-order valence-electron chi connectivity index (χ4n) is 2.63. The number of H-pyrrole nitrogens is 1. The first kappa shape index (κ1) is 15.2. The highest BCUT2D eigenvalue weighted by atomic mass is 19.4. The molecule has 2 aromatic carbocycles. The van der Waals surface area contributed by atoms with Crippen LogP contribution in [0.1, 0.15) is 11.1 Å². The Kier molecular flexibility index (Phi) is 3.24. The summed E-state index contributed by atoms with van der Waals surface area (Å²) < 4.78 is 41.1. The van der Waals surface area contributed by atoms with Gasteiger partial charge in [-0.1, -0.05) is 11.3 Å². The third-order valence-corrected chi connectivity index (χ3v) is 3.67. The van der Waals surface area contributed by atoms with Crippen molar-refractivity contribution in [2.24, 2.45) is 0 Å². The topological polar surface area (TPSA) is 79.9 Å². The Morgan fingerprint density at radius 1 is 1.12 bits per heavy atom. The van der Waals surface area contributed by atoms with Crippen LogP contribution in [0.2, 0.25) is 0 Å². The van der Waals surface area contributed by atoms with Gasteiger partial charge in [0.15, 0.2) is 0 Å². The maximum atomic E-state index is 12.4. The van der Waals surface area contributed by atoms with Gasteiger partial charge in [0.1, 0.15) is 11.3 Å². The van der Waals surface area contributed by atoms with Crippen LogP contribution in [-0.4, -0.2) is 27.7 Å². The molecule has 25 heavy (non-hydrogen) atoms. The fraction of sp³-hybridized carbons (Fsp3) is 0.0625. The molecular formula is C16H9F3N4O2. The summed E-state index contributed by atoms with van der Waals surface area (Å²) in [7, 11) is 0. The number of hydrogen-bond donors (Lipinski definition) is 2. The summed E-state index contributed by atoms with van der Waals surface area (Å²) in [5.41, 5.74) is 3.04. The van der Waals surface area contributed by atoms with Gasteiger partial charge in [-0.05, 0) is 42.0 Å². The lowest BCUT2D eigenvalue weighted by Gasteiger charge is -2.09. The van der Waals surface area contributed by atoms with E-state index >= 15 is 0 Å². The van der Waals surface area contributed by atoms with Crippen molar-refractivity contribution in [3.05, 3.63) is 47.5 Å². The van der Waals surface area contributed by atoms with Crippen molar-refractivity contribution in [1.29, 1.82) is 0 Å². The molecule has 2 N–H and O–H groups in total. The van der Waals surface area contributed by atoms with Gasteiger partial charge in [0, 0.05) is 16.8 Å². The molecule has 6 nitrogen and oxygen atoms in total. The third-order valence-electron chi connectivity index (χ3n) is 3.67. The summed E-state index contributed by atoms with van der Waals surface area (Å²) in [6.45, 7) is 0. The molecule has 0 radical (unpaired) electrons. The fourth-order valence-corrected chi connectivity index (χ4v) is 2.63. The SMILES string of the molecule is O=C1Nc2ccc(OC(F)(F)F)cc2/C1=C\c1ccc2nn[nH]c2c1. The Morgan fingerprint density at radius 2 is 1.96 bits per heavy atom. The van der Waals surface area contributed by atoms with E-state index in [2.05, 4.69) is 25.5 Å². The number of halogens is 3. The summed E-state index contributed by atoms with van der Waals surface area (Å²) in [5.74, 6) is -0.788. The van der Waals surface area contributed by atoms with Gasteiger partial charge in [0.05, 0.1) is 5.52 Å². The number of amides is 1. The van der Waals surface area contributed by atoms with Crippen LogP contribution in [0, 0.1) is 0 Å². The molecular weight excluding hydrogens is 337 g/mol.